The molecular formula is C48H33BN2O2S. The number of para-hydroxylation sites is 4. The summed E-state index contributed by atoms with van der Waals surface area (Å²) in [7, 11) is 0. The van der Waals surface area contributed by atoms with E-state index in [-0.39, 0.29) is 12.3 Å². The van der Waals surface area contributed by atoms with Crippen molar-refractivity contribution < 1.29 is 9.15 Å². The summed E-state index contributed by atoms with van der Waals surface area (Å²) in [6, 6.07) is 52.7. The maximum atomic E-state index is 6.84. The van der Waals surface area contributed by atoms with E-state index in [1.165, 1.54) is 48.3 Å². The molecule has 3 aliphatic rings. The molecule has 0 aliphatic carbocycles. The lowest BCUT2D eigenvalue weighted by Crippen LogP contribution is -2.61. The Balaban J connectivity index is 1.28. The van der Waals surface area contributed by atoms with Gasteiger partial charge < -0.3 is 18.9 Å². The number of hydrogen-bond acceptors (Lipinski definition) is 5. The van der Waals surface area contributed by atoms with Gasteiger partial charge in [0.15, 0.2) is 5.75 Å². The van der Waals surface area contributed by atoms with Crippen LogP contribution in [0, 0.1) is 0 Å². The number of fused-ring (bicyclic) bond motifs is 12. The van der Waals surface area contributed by atoms with Crippen LogP contribution >= 0.6 is 11.3 Å². The molecule has 0 spiro atoms. The molecule has 0 saturated heterocycles. The molecule has 54 heavy (non-hydrogen) atoms. The number of ether oxygens (including phenoxy) is 1. The minimum Gasteiger partial charge on any atom is -0.456 e. The quantitative estimate of drug-likeness (QED) is 0.167. The van der Waals surface area contributed by atoms with Gasteiger partial charge in [-0.3, -0.25) is 0 Å². The van der Waals surface area contributed by atoms with Crippen LogP contribution in [-0.2, 0) is 5.41 Å². The predicted octanol–water partition coefficient (Wildman–Crippen LogP) is 12.6. The molecule has 3 aliphatic heterocycles. The van der Waals surface area contributed by atoms with Crippen molar-refractivity contribution in [3.05, 3.63) is 151 Å². The highest BCUT2D eigenvalue weighted by Crippen LogP contribution is 2.58. The minimum atomic E-state index is -0.107. The minimum absolute atomic E-state index is 0.0210. The van der Waals surface area contributed by atoms with E-state index in [0.29, 0.717) is 0 Å². The fourth-order valence-electron chi connectivity index (χ4n) is 9.20. The zero-order valence-electron chi connectivity index (χ0n) is 30.1. The van der Waals surface area contributed by atoms with Crippen LogP contribution in [0.1, 0.15) is 26.3 Å². The number of hydrogen-bond donors (Lipinski definition) is 0. The summed E-state index contributed by atoms with van der Waals surface area (Å²) >= 11 is 1.91. The Bertz CT molecular complexity index is 3050. The molecule has 0 radical (unpaired) electrons. The molecule has 7 aromatic carbocycles. The predicted molar refractivity (Wildman–Crippen MR) is 227 cm³/mol. The number of furan rings is 1. The third-order valence-electron chi connectivity index (χ3n) is 11.6. The van der Waals surface area contributed by atoms with Gasteiger partial charge in [0.2, 0.25) is 0 Å². The van der Waals surface area contributed by atoms with Crippen LogP contribution in [-0.4, -0.2) is 6.85 Å². The molecule has 9 aromatic rings. The smallest absolute Gasteiger partial charge is 0.343 e. The van der Waals surface area contributed by atoms with Crippen LogP contribution in [0.2, 0.25) is 0 Å². The number of anilines is 5. The summed E-state index contributed by atoms with van der Waals surface area (Å²) in [6.07, 6.45) is 0. The lowest BCUT2D eigenvalue weighted by Gasteiger charge is -2.47. The lowest BCUT2D eigenvalue weighted by molar-refractivity contribution is 0.478. The highest BCUT2D eigenvalue weighted by molar-refractivity contribution is 7.32. The third kappa shape index (κ3) is 3.98. The van der Waals surface area contributed by atoms with Gasteiger partial charge in [-0.25, -0.2) is 0 Å². The van der Waals surface area contributed by atoms with Crippen molar-refractivity contribution in [2.24, 2.45) is 0 Å². The second-order valence-corrected chi connectivity index (χ2v) is 16.7. The molecule has 0 fully saturated rings. The number of thiophene rings is 1. The van der Waals surface area contributed by atoms with Crippen molar-refractivity contribution in [2.75, 3.05) is 9.71 Å². The molecule has 4 nitrogen and oxygen atoms in total. The van der Waals surface area contributed by atoms with Crippen molar-refractivity contribution in [1.82, 2.24) is 0 Å². The van der Waals surface area contributed by atoms with Crippen molar-refractivity contribution in [3.8, 4) is 33.8 Å². The van der Waals surface area contributed by atoms with Gasteiger partial charge in [0.1, 0.15) is 16.9 Å². The summed E-state index contributed by atoms with van der Waals surface area (Å²) in [5, 5.41) is 3.52. The Hall–Kier alpha value is -6.24. The Morgan fingerprint density at radius 1 is 0.593 bits per heavy atom. The van der Waals surface area contributed by atoms with E-state index in [1.807, 2.05) is 11.3 Å². The zero-order valence-corrected chi connectivity index (χ0v) is 30.9. The summed E-state index contributed by atoms with van der Waals surface area (Å²) in [6.45, 7) is 6.78. The van der Waals surface area contributed by atoms with E-state index in [0.717, 1.165) is 61.8 Å². The first-order valence-electron chi connectivity index (χ1n) is 18.6. The SMILES string of the molecule is CC(C)(C)c1ccc(N2c3cc4oc5ccccc5c4c4c3B(c3sc5ccccc5c32)N2c3ccccc3Oc3cccc-4c32)c(-c2ccccc2)c1. The second-order valence-electron chi connectivity index (χ2n) is 15.6. The Morgan fingerprint density at radius 2 is 1.35 bits per heavy atom. The van der Waals surface area contributed by atoms with Gasteiger partial charge in [0.25, 0.3) is 0 Å². The summed E-state index contributed by atoms with van der Waals surface area (Å²) in [4.78, 5) is 5.13. The van der Waals surface area contributed by atoms with Crippen molar-refractivity contribution in [1.29, 1.82) is 0 Å². The van der Waals surface area contributed by atoms with Gasteiger partial charge in [0, 0.05) is 48.5 Å². The summed E-state index contributed by atoms with van der Waals surface area (Å²) in [5.41, 5.74) is 14.8. The third-order valence-corrected chi connectivity index (χ3v) is 12.8. The Morgan fingerprint density at radius 3 is 2.22 bits per heavy atom. The Kier molecular flexibility index (Phi) is 5.98. The van der Waals surface area contributed by atoms with E-state index in [4.69, 9.17) is 9.15 Å². The fourth-order valence-corrected chi connectivity index (χ4v) is 10.5. The highest BCUT2D eigenvalue weighted by Gasteiger charge is 2.50. The van der Waals surface area contributed by atoms with Crippen LogP contribution in [0.4, 0.5) is 28.4 Å². The highest BCUT2D eigenvalue weighted by atomic mass is 32.1. The largest absolute Gasteiger partial charge is 0.456 e. The second kappa shape index (κ2) is 10.7. The molecule has 0 atom stereocenters. The molecular weight excluding hydrogens is 679 g/mol. The first kappa shape index (κ1) is 30.2. The van der Waals surface area contributed by atoms with Gasteiger partial charge in [0.05, 0.1) is 22.7 Å². The topological polar surface area (TPSA) is 28.9 Å². The van der Waals surface area contributed by atoms with E-state index in [9.17, 15) is 0 Å². The molecule has 256 valence electrons. The van der Waals surface area contributed by atoms with Crippen molar-refractivity contribution >= 4 is 88.9 Å². The maximum absolute atomic E-state index is 6.84. The van der Waals surface area contributed by atoms with Gasteiger partial charge in [-0.1, -0.05) is 118 Å². The normalized spacial score (nSPS) is 13.9. The average Bonchev–Trinajstić information content (AvgIpc) is 3.77. The van der Waals surface area contributed by atoms with E-state index >= 15 is 0 Å². The standard InChI is InChI=1S/C48H33BN2O2S/c1-48(2,3)29-24-25-34(33(26-29)28-14-5-4-6-15-28)50-36-27-40-42(30-16-7-10-20-37(30)52-40)43-32-18-13-22-39-45(32)51(35-19-9-11-21-38(35)53-39)49(44(36)43)47-46(50)31-17-8-12-23-41(31)54-47/h4-27H,1-3H3. The van der Waals surface area contributed by atoms with Crippen LogP contribution in [0.25, 0.3) is 54.3 Å². The number of nitrogens with zero attached hydrogens (tertiary/aromatic N) is 2. The molecule has 6 heteroatoms. The van der Waals surface area contributed by atoms with Crippen molar-refractivity contribution in [3.63, 3.8) is 0 Å². The number of rotatable bonds is 2. The maximum Gasteiger partial charge on any atom is 0.343 e. The molecule has 0 amide bonds. The lowest BCUT2D eigenvalue weighted by atomic mass is 9.46. The molecule has 2 aromatic heterocycles. The summed E-state index contributed by atoms with van der Waals surface area (Å²) < 4.78 is 16.2. The summed E-state index contributed by atoms with van der Waals surface area (Å²) in [5.74, 6) is 1.74. The zero-order chi connectivity index (χ0) is 35.9. The van der Waals surface area contributed by atoms with E-state index in [1.54, 1.807) is 0 Å². The monoisotopic (exact) mass is 712 g/mol. The molecule has 0 unspecified atom stereocenters. The van der Waals surface area contributed by atoms with Crippen LogP contribution in [0.5, 0.6) is 11.5 Å². The van der Waals surface area contributed by atoms with Gasteiger partial charge in [-0.2, -0.15) is 0 Å². The molecule has 0 bridgehead atoms. The van der Waals surface area contributed by atoms with Gasteiger partial charge >= 0.3 is 6.85 Å². The van der Waals surface area contributed by atoms with Gasteiger partial charge in [-0.15, -0.1) is 11.3 Å². The van der Waals surface area contributed by atoms with Gasteiger partial charge in [-0.05, 0) is 70.0 Å². The molecule has 0 N–H and O–H groups in total. The molecule has 12 rings (SSSR count). The average molecular weight is 713 g/mol. The first-order valence-corrected chi connectivity index (χ1v) is 19.4. The van der Waals surface area contributed by atoms with E-state index in [2.05, 4.69) is 176 Å². The fraction of sp³-hybridized carbons (Fsp3) is 0.0833. The molecule has 5 heterocycles. The first-order chi connectivity index (χ1) is 26.4. The molecule has 0 saturated carbocycles. The van der Waals surface area contributed by atoms with Crippen molar-refractivity contribution in [2.45, 2.75) is 26.2 Å². The van der Waals surface area contributed by atoms with E-state index < -0.39 is 0 Å². The van der Waals surface area contributed by atoms with Crippen LogP contribution in [0.3, 0.4) is 0 Å². The van der Waals surface area contributed by atoms with Crippen LogP contribution < -0.4 is 24.7 Å². The van der Waals surface area contributed by atoms with Crippen LogP contribution in [0.15, 0.2) is 150 Å². The number of benzene rings is 7. The Labute approximate surface area is 317 Å².